The van der Waals surface area contributed by atoms with Crippen LogP contribution < -0.4 is 10.1 Å². The zero-order chi connectivity index (χ0) is 9.10. The van der Waals surface area contributed by atoms with Gasteiger partial charge < -0.3 is 4.74 Å². The number of nitriles is 1. The standard InChI is InChI=1S/C10H10N2O/c11-7-9-8-3-1-2-4-10(8)13-6-5-12-9/h1-4,9,12H,5-6H2/t9-/m1/s1. The number of hydrogen-bond acceptors (Lipinski definition) is 3. The lowest BCUT2D eigenvalue weighted by Crippen LogP contribution is -2.21. The van der Waals surface area contributed by atoms with Crippen LogP contribution in [0.3, 0.4) is 0 Å². The lowest BCUT2D eigenvalue weighted by Gasteiger charge is -2.08. The third kappa shape index (κ3) is 1.49. The summed E-state index contributed by atoms with van der Waals surface area (Å²) in [4.78, 5) is 0. The first-order valence-electron chi connectivity index (χ1n) is 4.26. The predicted octanol–water partition coefficient (Wildman–Crippen LogP) is 1.23. The van der Waals surface area contributed by atoms with E-state index in [1.54, 1.807) is 0 Å². The minimum atomic E-state index is -0.237. The molecule has 0 unspecified atom stereocenters. The van der Waals surface area contributed by atoms with Crippen LogP contribution in [0.4, 0.5) is 0 Å². The molecule has 2 rings (SSSR count). The maximum absolute atomic E-state index is 8.89. The Morgan fingerprint density at radius 3 is 3.15 bits per heavy atom. The van der Waals surface area contributed by atoms with Gasteiger partial charge in [0.25, 0.3) is 0 Å². The molecule has 0 amide bonds. The van der Waals surface area contributed by atoms with Gasteiger partial charge in [0.1, 0.15) is 18.4 Å². The highest BCUT2D eigenvalue weighted by Crippen LogP contribution is 2.25. The molecule has 1 aliphatic heterocycles. The minimum Gasteiger partial charge on any atom is -0.492 e. The normalized spacial score (nSPS) is 20.7. The van der Waals surface area contributed by atoms with Crippen LogP contribution in [-0.4, -0.2) is 13.2 Å². The van der Waals surface area contributed by atoms with Crippen molar-refractivity contribution in [2.45, 2.75) is 6.04 Å². The monoisotopic (exact) mass is 174 g/mol. The SMILES string of the molecule is N#C[C@H]1NCCOc2ccccc21. The molecule has 1 aromatic rings. The summed E-state index contributed by atoms with van der Waals surface area (Å²) in [6, 6.07) is 9.62. The number of nitrogens with zero attached hydrogens (tertiary/aromatic N) is 1. The Labute approximate surface area is 76.9 Å². The van der Waals surface area contributed by atoms with Gasteiger partial charge in [0.2, 0.25) is 0 Å². The van der Waals surface area contributed by atoms with Crippen molar-refractivity contribution in [2.24, 2.45) is 0 Å². The Hall–Kier alpha value is -1.53. The summed E-state index contributed by atoms with van der Waals surface area (Å²) in [5, 5.41) is 12.0. The van der Waals surface area contributed by atoms with E-state index in [-0.39, 0.29) is 6.04 Å². The van der Waals surface area contributed by atoms with Gasteiger partial charge in [-0.15, -0.1) is 0 Å². The van der Waals surface area contributed by atoms with Crippen molar-refractivity contribution in [3.63, 3.8) is 0 Å². The molecule has 1 atom stereocenters. The van der Waals surface area contributed by atoms with Gasteiger partial charge in [-0.1, -0.05) is 18.2 Å². The van der Waals surface area contributed by atoms with E-state index in [1.165, 1.54) is 0 Å². The van der Waals surface area contributed by atoms with Gasteiger partial charge >= 0.3 is 0 Å². The molecule has 3 heteroatoms. The average Bonchev–Trinajstić information content (AvgIpc) is 2.39. The van der Waals surface area contributed by atoms with E-state index in [9.17, 15) is 0 Å². The third-order valence-electron chi connectivity index (χ3n) is 2.07. The number of nitrogens with one attached hydrogen (secondary N) is 1. The molecule has 0 aromatic heterocycles. The number of benzene rings is 1. The summed E-state index contributed by atoms with van der Waals surface area (Å²) >= 11 is 0. The highest BCUT2D eigenvalue weighted by Gasteiger charge is 2.17. The van der Waals surface area contributed by atoms with Crippen LogP contribution in [0.1, 0.15) is 11.6 Å². The molecule has 0 saturated carbocycles. The molecule has 3 nitrogen and oxygen atoms in total. The van der Waals surface area contributed by atoms with E-state index in [4.69, 9.17) is 10.00 Å². The van der Waals surface area contributed by atoms with Crippen LogP contribution in [0.25, 0.3) is 0 Å². The molecule has 1 aliphatic rings. The number of ether oxygens (including phenoxy) is 1. The van der Waals surface area contributed by atoms with Crippen LogP contribution in [0.2, 0.25) is 0 Å². The summed E-state index contributed by atoms with van der Waals surface area (Å²) in [7, 11) is 0. The smallest absolute Gasteiger partial charge is 0.125 e. The van der Waals surface area contributed by atoms with Gasteiger partial charge in [0.05, 0.1) is 6.07 Å². The fraction of sp³-hybridized carbons (Fsp3) is 0.300. The zero-order valence-corrected chi connectivity index (χ0v) is 7.16. The van der Waals surface area contributed by atoms with E-state index >= 15 is 0 Å². The van der Waals surface area contributed by atoms with Crippen molar-refractivity contribution in [1.82, 2.24) is 5.32 Å². The first-order valence-corrected chi connectivity index (χ1v) is 4.26. The average molecular weight is 174 g/mol. The molecular formula is C10H10N2O. The Morgan fingerprint density at radius 2 is 2.31 bits per heavy atom. The van der Waals surface area contributed by atoms with Crippen molar-refractivity contribution < 1.29 is 4.74 Å². The fourth-order valence-corrected chi connectivity index (χ4v) is 1.44. The summed E-state index contributed by atoms with van der Waals surface area (Å²) in [5.41, 5.74) is 0.933. The molecule has 1 aromatic carbocycles. The molecule has 1 N–H and O–H groups in total. The maximum atomic E-state index is 8.89. The third-order valence-corrected chi connectivity index (χ3v) is 2.07. The molecule has 0 aliphatic carbocycles. The first-order chi connectivity index (χ1) is 6.42. The van der Waals surface area contributed by atoms with Crippen LogP contribution in [0.15, 0.2) is 24.3 Å². The fourth-order valence-electron chi connectivity index (χ4n) is 1.44. The van der Waals surface area contributed by atoms with Gasteiger partial charge in [-0.25, -0.2) is 0 Å². The van der Waals surface area contributed by atoms with Crippen LogP contribution in [0.5, 0.6) is 5.75 Å². The lowest BCUT2D eigenvalue weighted by molar-refractivity contribution is 0.325. The van der Waals surface area contributed by atoms with Crippen LogP contribution >= 0.6 is 0 Å². The number of rotatable bonds is 0. The Kier molecular flexibility index (Phi) is 2.15. The molecule has 0 saturated heterocycles. The summed E-state index contributed by atoms with van der Waals surface area (Å²) in [6.45, 7) is 1.34. The number of fused-ring (bicyclic) bond motifs is 1. The Balaban J connectivity index is 2.43. The van der Waals surface area contributed by atoms with E-state index in [2.05, 4.69) is 11.4 Å². The maximum Gasteiger partial charge on any atom is 0.125 e. The largest absolute Gasteiger partial charge is 0.492 e. The van der Waals surface area contributed by atoms with Gasteiger partial charge in [0.15, 0.2) is 0 Å². The van der Waals surface area contributed by atoms with Gasteiger partial charge in [-0.2, -0.15) is 5.26 Å². The van der Waals surface area contributed by atoms with Gasteiger partial charge in [0, 0.05) is 12.1 Å². The predicted molar refractivity (Wildman–Crippen MR) is 48.3 cm³/mol. The number of para-hydroxylation sites is 1. The molecule has 13 heavy (non-hydrogen) atoms. The highest BCUT2D eigenvalue weighted by molar-refractivity contribution is 5.39. The van der Waals surface area contributed by atoms with Crippen molar-refractivity contribution in [3.8, 4) is 11.8 Å². The van der Waals surface area contributed by atoms with E-state index in [0.717, 1.165) is 11.3 Å². The van der Waals surface area contributed by atoms with Gasteiger partial charge in [-0.05, 0) is 6.07 Å². The molecule has 66 valence electrons. The van der Waals surface area contributed by atoms with Crippen LogP contribution in [-0.2, 0) is 0 Å². The summed E-state index contributed by atoms with van der Waals surface area (Å²) in [5.74, 6) is 0.819. The summed E-state index contributed by atoms with van der Waals surface area (Å²) in [6.07, 6.45) is 0. The van der Waals surface area contributed by atoms with E-state index in [0.29, 0.717) is 13.2 Å². The summed E-state index contributed by atoms with van der Waals surface area (Å²) < 4.78 is 5.47. The van der Waals surface area contributed by atoms with Crippen LogP contribution in [0, 0.1) is 11.3 Å². The highest BCUT2D eigenvalue weighted by atomic mass is 16.5. The lowest BCUT2D eigenvalue weighted by atomic mass is 10.1. The molecule has 0 spiro atoms. The second kappa shape index (κ2) is 3.46. The second-order valence-corrected chi connectivity index (χ2v) is 2.90. The zero-order valence-electron chi connectivity index (χ0n) is 7.16. The molecule has 0 fully saturated rings. The molecule has 0 radical (unpaired) electrons. The van der Waals surface area contributed by atoms with E-state index in [1.807, 2.05) is 24.3 Å². The Bertz CT molecular complexity index is 343. The first kappa shape index (κ1) is 8.09. The quantitative estimate of drug-likeness (QED) is 0.643. The number of hydrogen-bond donors (Lipinski definition) is 1. The minimum absolute atomic E-state index is 0.237. The topological polar surface area (TPSA) is 45.0 Å². The van der Waals surface area contributed by atoms with Crippen molar-refractivity contribution >= 4 is 0 Å². The molecular weight excluding hydrogens is 164 g/mol. The van der Waals surface area contributed by atoms with E-state index < -0.39 is 0 Å². The van der Waals surface area contributed by atoms with Gasteiger partial charge in [-0.3, -0.25) is 5.32 Å². The molecule has 1 heterocycles. The van der Waals surface area contributed by atoms with Crippen molar-refractivity contribution in [1.29, 1.82) is 5.26 Å². The molecule has 0 bridgehead atoms. The second-order valence-electron chi connectivity index (χ2n) is 2.90. The van der Waals surface area contributed by atoms with Crippen molar-refractivity contribution in [2.75, 3.05) is 13.2 Å². The Morgan fingerprint density at radius 1 is 1.46 bits per heavy atom. The van der Waals surface area contributed by atoms with Crippen molar-refractivity contribution in [3.05, 3.63) is 29.8 Å².